The Morgan fingerprint density at radius 3 is 1.29 bits per heavy atom. The highest BCUT2D eigenvalue weighted by atomic mass is 35.5. The van der Waals surface area contributed by atoms with Gasteiger partial charge in [0.25, 0.3) is 17.7 Å². The minimum Gasteiger partial charge on any atom is -0.444 e. The SMILES string of the molecule is CC(C)(C)OC(=O)N1CCc2ccc(N)cc2C1.CC(C)(C)OC(=O)N1CCc2ccc(Nc3ncc4c(n3)SCN(c3c(Cl)cccc3Cl)C4=O)cc2C1.CSc1ncc2c(n1)SCN(c1c(Cl)cccc1Cl)C2=O.Cl.O=C1c2cnc(Nc3ccc4c(c3)CNCC4)nc2SCN1c1c(Cl)cccc1Cl. The third-order valence-electron chi connectivity index (χ3n) is 16.8. The zero-order chi connectivity index (χ0) is 75.3. The lowest BCUT2D eigenvalue weighted by molar-refractivity contribution is 0.0214. The molecule has 9 aromatic rings. The van der Waals surface area contributed by atoms with Gasteiger partial charge in [-0.1, -0.05) is 153 Å². The quantitative estimate of drug-likeness (QED) is 0.0477. The highest BCUT2D eigenvalue weighted by Gasteiger charge is 2.35. The third-order valence-corrected chi connectivity index (χ3v) is 22.1. The van der Waals surface area contributed by atoms with E-state index in [4.69, 9.17) is 84.8 Å². The molecule has 0 saturated carbocycles. The van der Waals surface area contributed by atoms with Crippen LogP contribution >= 0.6 is 129 Å². The van der Waals surface area contributed by atoms with Gasteiger partial charge in [0.2, 0.25) is 11.9 Å². The molecule has 107 heavy (non-hydrogen) atoms. The molecular weight excluding hydrogens is 1590 g/mol. The van der Waals surface area contributed by atoms with Crippen molar-refractivity contribution in [3.63, 3.8) is 0 Å². The molecule has 0 radical (unpaired) electrons. The number of hydrogen-bond donors (Lipinski definition) is 4. The van der Waals surface area contributed by atoms with Gasteiger partial charge in [-0.3, -0.25) is 29.1 Å². The standard InChI is InChI=1S/C26H25Cl2N5O3S.C21H17Cl2N5OS.C14H20N2O2.C13H9Cl2N3OS2.ClH/c1-26(2,3)36-25(35)32-10-9-15-7-8-17(11-16(15)13-32)30-24-29-12-18-22(31-24)37-14-33(23(18)34)21-19(27)5-4-6-20(21)28;22-16-2-1-3-17(23)18(16)28-11-30-19-15(20(28)29)10-25-21(27-19)26-14-5-4-12-6-7-24-9-13(12)8-14;1-14(2,3)18-13(17)16-7-6-10-4-5-12(15)8-11(10)9-16;1-20-13-16-5-7-11(17-13)21-6-18(12(7)19)10-8(14)3-2-4-9(10)15;/h4-8,11-12H,9-10,13-14H2,1-3H3,(H,29,30,31);1-5,8,10,24H,6-7,9,11H2,(H,25,26,27);4-5,8H,6-7,9,15H2,1-3H3;2-5H,6H2,1H3;1H. The predicted octanol–water partition coefficient (Wildman–Crippen LogP) is 18.6. The molecule has 0 atom stereocenters. The van der Waals surface area contributed by atoms with E-state index in [0.717, 1.165) is 60.5 Å². The zero-order valence-electron chi connectivity index (χ0n) is 58.8. The second-order valence-corrected chi connectivity index (χ2v) is 32.6. The number of carbonyl (C=O) groups is 5. The average Bonchev–Trinajstić information content (AvgIpc) is 0.788. The van der Waals surface area contributed by atoms with Gasteiger partial charge in [0.15, 0.2) is 5.16 Å². The normalized spacial score (nSPS) is 15.0. The van der Waals surface area contributed by atoms with Crippen LogP contribution in [0.25, 0.3) is 0 Å². The largest absolute Gasteiger partial charge is 0.444 e. The molecule has 3 aromatic heterocycles. The monoisotopic (exact) mass is 1660 g/mol. The first kappa shape index (κ1) is 80.3. The Morgan fingerprint density at radius 2 is 0.879 bits per heavy atom. The lowest BCUT2D eigenvalue weighted by atomic mass is 9.99. The van der Waals surface area contributed by atoms with E-state index in [1.165, 1.54) is 80.4 Å². The van der Waals surface area contributed by atoms with Gasteiger partial charge < -0.3 is 41.0 Å². The van der Waals surface area contributed by atoms with Crippen molar-refractivity contribution >= 4 is 205 Å². The first-order chi connectivity index (χ1) is 50.6. The Hall–Kier alpha value is -7.70. The van der Waals surface area contributed by atoms with Crippen LogP contribution in [0.15, 0.2) is 148 Å². The summed E-state index contributed by atoms with van der Waals surface area (Å²) in [6.07, 6.45) is 8.60. The van der Waals surface area contributed by atoms with E-state index in [9.17, 15) is 24.0 Å². The number of benzene rings is 6. The van der Waals surface area contributed by atoms with E-state index >= 15 is 0 Å². The Balaban J connectivity index is 0.000000147. The summed E-state index contributed by atoms with van der Waals surface area (Å²) in [6.45, 7) is 15.4. The van der Waals surface area contributed by atoms with Crippen molar-refractivity contribution in [3.05, 3.63) is 208 Å². The van der Waals surface area contributed by atoms with Crippen LogP contribution in [-0.2, 0) is 48.4 Å². The molecule has 0 fully saturated rings. The number of anilines is 8. The van der Waals surface area contributed by atoms with Crippen molar-refractivity contribution in [2.75, 3.05) is 74.6 Å². The molecule has 9 heterocycles. The van der Waals surface area contributed by atoms with Gasteiger partial charge in [0, 0.05) is 68.4 Å². The maximum absolute atomic E-state index is 13.2. The van der Waals surface area contributed by atoms with Crippen LogP contribution in [0, 0.1) is 0 Å². The average molecular weight is 1660 g/mol. The molecule has 0 spiro atoms. The first-order valence-electron chi connectivity index (χ1n) is 33.3. The van der Waals surface area contributed by atoms with Crippen molar-refractivity contribution in [3.8, 4) is 0 Å². The predicted molar refractivity (Wildman–Crippen MR) is 434 cm³/mol. The number of amides is 5. The molecule has 22 nitrogen and oxygen atoms in total. The molecule has 5 N–H and O–H groups in total. The summed E-state index contributed by atoms with van der Waals surface area (Å²) in [5.74, 6) is 1.29. The molecular formula is C74H72Cl7N15O7S4. The molecule has 6 aromatic carbocycles. The summed E-state index contributed by atoms with van der Waals surface area (Å²) in [7, 11) is 0. The van der Waals surface area contributed by atoms with Crippen molar-refractivity contribution in [2.24, 2.45) is 0 Å². The fourth-order valence-corrected chi connectivity index (χ4v) is 16.8. The minimum absolute atomic E-state index is 0. The fraction of sp³-hybridized carbons (Fsp3) is 0.284. The van der Waals surface area contributed by atoms with Crippen molar-refractivity contribution in [2.45, 2.75) is 112 Å². The number of para-hydroxylation sites is 3. The summed E-state index contributed by atoms with van der Waals surface area (Å²) in [5.41, 5.74) is 17.3. The lowest BCUT2D eigenvalue weighted by Crippen LogP contribution is -2.39. The second-order valence-electron chi connectivity index (χ2n) is 26.6. The van der Waals surface area contributed by atoms with Gasteiger partial charge >= 0.3 is 12.2 Å². The number of nitrogen functional groups attached to an aromatic ring is 1. The number of nitrogens with zero attached hydrogens (tertiary/aromatic N) is 11. The number of ether oxygens (including phenoxy) is 2. The number of thioether (sulfide) groups is 4. The maximum Gasteiger partial charge on any atom is 0.410 e. The Bertz CT molecular complexity index is 4850. The molecule has 0 saturated heterocycles. The van der Waals surface area contributed by atoms with Crippen LogP contribution in [-0.4, -0.2) is 124 Å². The van der Waals surface area contributed by atoms with Gasteiger partial charge in [0.05, 0.1) is 81.5 Å². The number of rotatable bonds is 8. The van der Waals surface area contributed by atoms with Gasteiger partial charge in [-0.05, 0) is 180 Å². The van der Waals surface area contributed by atoms with E-state index in [2.05, 4.69) is 58.0 Å². The molecule has 0 bridgehead atoms. The molecule has 6 aliphatic heterocycles. The molecule has 33 heteroatoms. The van der Waals surface area contributed by atoms with Crippen molar-refractivity contribution in [1.82, 2.24) is 45.0 Å². The summed E-state index contributed by atoms with van der Waals surface area (Å²) >= 11 is 43.3. The Morgan fingerprint density at radius 1 is 0.505 bits per heavy atom. The van der Waals surface area contributed by atoms with Crippen LogP contribution in [0.2, 0.25) is 30.1 Å². The van der Waals surface area contributed by atoms with Crippen LogP contribution in [0.3, 0.4) is 0 Å². The number of nitrogens with one attached hydrogen (secondary N) is 3. The first-order valence-corrected chi connectivity index (χ1v) is 39.7. The summed E-state index contributed by atoms with van der Waals surface area (Å²) in [6, 6.07) is 33.7. The zero-order valence-corrected chi connectivity index (χ0v) is 67.4. The summed E-state index contributed by atoms with van der Waals surface area (Å²) < 4.78 is 10.9. The highest BCUT2D eigenvalue weighted by molar-refractivity contribution is 8.00. The molecule has 15 rings (SSSR count). The Kier molecular flexibility index (Phi) is 26.2. The smallest absolute Gasteiger partial charge is 0.410 e. The van der Waals surface area contributed by atoms with E-state index in [1.54, 1.807) is 86.6 Å². The van der Waals surface area contributed by atoms with Crippen LogP contribution in [0.5, 0.6) is 0 Å². The number of hydrogen-bond acceptors (Lipinski definition) is 21. The lowest BCUT2D eigenvalue weighted by Gasteiger charge is -2.31. The third kappa shape index (κ3) is 19.5. The van der Waals surface area contributed by atoms with Crippen LogP contribution in [0.1, 0.15) is 106 Å². The highest BCUT2D eigenvalue weighted by Crippen LogP contribution is 2.44. The van der Waals surface area contributed by atoms with Crippen LogP contribution < -0.4 is 36.4 Å². The number of fused-ring (bicyclic) bond motifs is 6. The maximum atomic E-state index is 13.2. The molecule has 6 aliphatic rings. The fourth-order valence-electron chi connectivity index (χ4n) is 11.8. The molecule has 0 aliphatic carbocycles. The molecule has 5 amide bonds. The van der Waals surface area contributed by atoms with Gasteiger partial charge in [-0.2, -0.15) is 0 Å². The van der Waals surface area contributed by atoms with Gasteiger partial charge in [-0.25, -0.2) is 39.5 Å². The van der Waals surface area contributed by atoms with E-state index in [1.807, 2.05) is 90.3 Å². The van der Waals surface area contributed by atoms with Crippen LogP contribution in [0.4, 0.5) is 55.6 Å². The number of carbonyl (C=O) groups excluding carboxylic acids is 5. The van der Waals surface area contributed by atoms with Crippen molar-refractivity contribution < 1.29 is 33.4 Å². The number of nitrogens with two attached hydrogens (primary N) is 1. The second kappa shape index (κ2) is 34.9. The Labute approximate surface area is 672 Å². The molecule has 558 valence electrons. The topological polar surface area (TPSA) is 259 Å². The molecule has 0 unspecified atom stereocenters. The van der Waals surface area contributed by atoms with Gasteiger partial charge in [-0.15, -0.1) is 12.4 Å². The summed E-state index contributed by atoms with van der Waals surface area (Å²) in [4.78, 5) is 97.8. The number of aromatic nitrogens is 6. The number of halogens is 7. The van der Waals surface area contributed by atoms with E-state index in [0.29, 0.717) is 140 Å². The summed E-state index contributed by atoms with van der Waals surface area (Å²) in [5, 5.41) is 15.0. The van der Waals surface area contributed by atoms with Crippen molar-refractivity contribution in [1.29, 1.82) is 0 Å². The van der Waals surface area contributed by atoms with E-state index in [-0.39, 0.29) is 42.3 Å². The van der Waals surface area contributed by atoms with Gasteiger partial charge in [0.1, 0.15) is 26.3 Å². The van der Waals surface area contributed by atoms with E-state index < -0.39 is 11.2 Å². The minimum atomic E-state index is -0.541.